The molecule has 0 saturated heterocycles. The molecule has 2 unspecified atom stereocenters. The van der Waals surface area contributed by atoms with Crippen LogP contribution in [0.3, 0.4) is 0 Å². The average molecular weight is 244 g/mol. The van der Waals surface area contributed by atoms with Gasteiger partial charge in [0.05, 0.1) is 13.2 Å². The van der Waals surface area contributed by atoms with Crippen molar-refractivity contribution in [3.8, 4) is 0 Å². The molecule has 0 aromatic heterocycles. The first kappa shape index (κ1) is 14.9. The first-order valence-corrected chi connectivity index (χ1v) is 6.72. The third-order valence-electron chi connectivity index (χ3n) is 3.84. The van der Waals surface area contributed by atoms with E-state index >= 15 is 0 Å². The zero-order valence-corrected chi connectivity index (χ0v) is 11.4. The van der Waals surface area contributed by atoms with Crippen molar-refractivity contribution in [2.24, 2.45) is 17.6 Å². The third kappa shape index (κ3) is 5.34. The molecule has 17 heavy (non-hydrogen) atoms. The molecule has 0 spiro atoms. The Balaban J connectivity index is 2.34. The number of nitrogens with zero attached hydrogens (tertiary/aromatic N) is 1. The van der Waals surface area contributed by atoms with Crippen molar-refractivity contribution in [3.05, 3.63) is 0 Å². The van der Waals surface area contributed by atoms with E-state index in [-0.39, 0.29) is 0 Å². The topological polar surface area (TPSA) is 47.7 Å². The number of rotatable bonds is 9. The molecule has 1 rings (SSSR count). The predicted molar refractivity (Wildman–Crippen MR) is 70.1 cm³/mol. The van der Waals surface area contributed by atoms with Crippen molar-refractivity contribution < 1.29 is 9.47 Å². The summed E-state index contributed by atoms with van der Waals surface area (Å²) in [5, 5.41) is 0. The first-order valence-electron chi connectivity index (χ1n) is 6.72. The molecular weight excluding hydrogens is 216 g/mol. The lowest BCUT2D eigenvalue weighted by Crippen LogP contribution is -2.37. The van der Waals surface area contributed by atoms with Gasteiger partial charge in [0.1, 0.15) is 0 Å². The van der Waals surface area contributed by atoms with E-state index in [0.29, 0.717) is 0 Å². The van der Waals surface area contributed by atoms with Crippen LogP contribution in [-0.4, -0.2) is 58.5 Å². The lowest BCUT2D eigenvalue weighted by Gasteiger charge is -2.27. The van der Waals surface area contributed by atoms with Crippen LogP contribution in [0.15, 0.2) is 0 Å². The summed E-state index contributed by atoms with van der Waals surface area (Å²) < 4.78 is 10.3. The Kier molecular flexibility index (Phi) is 7.77. The van der Waals surface area contributed by atoms with Crippen molar-refractivity contribution in [2.75, 3.05) is 53.6 Å². The second-order valence-electron chi connectivity index (χ2n) is 4.97. The fourth-order valence-corrected chi connectivity index (χ4v) is 2.73. The van der Waals surface area contributed by atoms with Crippen LogP contribution in [0, 0.1) is 11.8 Å². The summed E-state index contributed by atoms with van der Waals surface area (Å²) in [7, 11) is 3.51. The van der Waals surface area contributed by atoms with Crippen molar-refractivity contribution in [1.29, 1.82) is 0 Å². The van der Waals surface area contributed by atoms with Crippen LogP contribution in [0.4, 0.5) is 0 Å². The molecule has 0 aromatic rings. The van der Waals surface area contributed by atoms with E-state index in [2.05, 4.69) is 4.90 Å². The Morgan fingerprint density at radius 1 is 1.06 bits per heavy atom. The minimum Gasteiger partial charge on any atom is -0.383 e. The third-order valence-corrected chi connectivity index (χ3v) is 3.84. The summed E-state index contributed by atoms with van der Waals surface area (Å²) in [4.78, 5) is 2.45. The fraction of sp³-hybridized carbons (Fsp3) is 1.00. The molecule has 1 aliphatic carbocycles. The molecule has 0 aromatic carbocycles. The van der Waals surface area contributed by atoms with Gasteiger partial charge in [0.25, 0.3) is 0 Å². The van der Waals surface area contributed by atoms with Crippen LogP contribution in [0.1, 0.15) is 19.3 Å². The highest BCUT2D eigenvalue weighted by atomic mass is 16.5. The Morgan fingerprint density at radius 3 is 2.18 bits per heavy atom. The summed E-state index contributed by atoms with van der Waals surface area (Å²) in [6.07, 6.45) is 3.98. The summed E-state index contributed by atoms with van der Waals surface area (Å²) in [6, 6.07) is 0. The molecule has 2 N–H and O–H groups in total. The Labute approximate surface area is 105 Å². The van der Waals surface area contributed by atoms with Gasteiger partial charge >= 0.3 is 0 Å². The second-order valence-corrected chi connectivity index (χ2v) is 4.97. The van der Waals surface area contributed by atoms with Crippen LogP contribution in [0.25, 0.3) is 0 Å². The minimum absolute atomic E-state index is 0.725. The minimum atomic E-state index is 0.725. The largest absolute Gasteiger partial charge is 0.383 e. The van der Waals surface area contributed by atoms with E-state index in [9.17, 15) is 0 Å². The van der Waals surface area contributed by atoms with E-state index < -0.39 is 0 Å². The molecule has 1 fully saturated rings. The molecule has 2 atom stereocenters. The highest BCUT2D eigenvalue weighted by Gasteiger charge is 2.27. The van der Waals surface area contributed by atoms with E-state index in [0.717, 1.165) is 51.2 Å². The standard InChI is InChI=1S/C13H28N2O2/c1-16-8-6-15(7-9-17-2)11-13-5-3-4-12(13)10-14/h12-13H,3-11,14H2,1-2H3. The summed E-state index contributed by atoms with van der Waals surface area (Å²) in [5.74, 6) is 1.50. The Bertz CT molecular complexity index is 182. The van der Waals surface area contributed by atoms with Gasteiger partial charge in [-0.2, -0.15) is 0 Å². The van der Waals surface area contributed by atoms with E-state index in [1.165, 1.54) is 19.3 Å². The average Bonchev–Trinajstić information content (AvgIpc) is 2.79. The second kappa shape index (κ2) is 8.86. The number of hydrogen-bond donors (Lipinski definition) is 1. The molecule has 0 heterocycles. The maximum absolute atomic E-state index is 5.83. The summed E-state index contributed by atoms with van der Waals surface area (Å²) >= 11 is 0. The van der Waals surface area contributed by atoms with Crippen molar-refractivity contribution in [2.45, 2.75) is 19.3 Å². The predicted octanol–water partition coefficient (Wildman–Crippen LogP) is 0.956. The zero-order chi connectivity index (χ0) is 12.5. The SMILES string of the molecule is COCCN(CCOC)CC1CCCC1CN. The van der Waals surface area contributed by atoms with E-state index in [1.54, 1.807) is 14.2 Å². The van der Waals surface area contributed by atoms with Crippen LogP contribution >= 0.6 is 0 Å². The number of methoxy groups -OCH3 is 2. The van der Waals surface area contributed by atoms with Gasteiger partial charge in [0, 0.05) is 33.9 Å². The first-order chi connectivity index (χ1) is 8.31. The van der Waals surface area contributed by atoms with Gasteiger partial charge in [-0.25, -0.2) is 0 Å². The maximum atomic E-state index is 5.83. The zero-order valence-electron chi connectivity index (χ0n) is 11.4. The summed E-state index contributed by atoms with van der Waals surface area (Å²) in [6.45, 7) is 5.57. The molecule has 1 aliphatic rings. The lowest BCUT2D eigenvalue weighted by molar-refractivity contribution is 0.0990. The maximum Gasteiger partial charge on any atom is 0.0589 e. The van der Waals surface area contributed by atoms with Gasteiger partial charge in [0.15, 0.2) is 0 Å². The smallest absolute Gasteiger partial charge is 0.0589 e. The molecule has 0 bridgehead atoms. The van der Waals surface area contributed by atoms with Gasteiger partial charge in [-0.15, -0.1) is 0 Å². The summed E-state index contributed by atoms with van der Waals surface area (Å²) in [5.41, 5.74) is 5.83. The Hall–Kier alpha value is -0.160. The van der Waals surface area contributed by atoms with Crippen molar-refractivity contribution >= 4 is 0 Å². The monoisotopic (exact) mass is 244 g/mol. The fourth-order valence-electron chi connectivity index (χ4n) is 2.73. The molecule has 0 amide bonds. The van der Waals surface area contributed by atoms with Crippen molar-refractivity contribution in [3.63, 3.8) is 0 Å². The van der Waals surface area contributed by atoms with Gasteiger partial charge in [-0.3, -0.25) is 4.90 Å². The lowest BCUT2D eigenvalue weighted by atomic mass is 9.95. The van der Waals surface area contributed by atoms with Gasteiger partial charge in [-0.05, 0) is 31.2 Å². The van der Waals surface area contributed by atoms with Crippen molar-refractivity contribution in [1.82, 2.24) is 4.90 Å². The highest BCUT2D eigenvalue weighted by Crippen LogP contribution is 2.31. The van der Waals surface area contributed by atoms with Gasteiger partial charge < -0.3 is 15.2 Å². The normalized spacial score (nSPS) is 24.7. The number of nitrogens with two attached hydrogens (primary N) is 1. The van der Waals surface area contributed by atoms with Crippen LogP contribution in [-0.2, 0) is 9.47 Å². The van der Waals surface area contributed by atoms with Crippen LogP contribution in [0.2, 0.25) is 0 Å². The Morgan fingerprint density at radius 2 is 1.65 bits per heavy atom. The molecule has 0 aliphatic heterocycles. The van der Waals surface area contributed by atoms with E-state index in [1.807, 2.05) is 0 Å². The molecule has 4 nitrogen and oxygen atoms in total. The van der Waals surface area contributed by atoms with Gasteiger partial charge in [-0.1, -0.05) is 6.42 Å². The molecule has 1 saturated carbocycles. The number of ether oxygens (including phenoxy) is 2. The van der Waals surface area contributed by atoms with Crippen LogP contribution in [0.5, 0.6) is 0 Å². The molecule has 102 valence electrons. The molecule has 0 radical (unpaired) electrons. The highest BCUT2D eigenvalue weighted by molar-refractivity contribution is 4.80. The molecule has 4 heteroatoms. The molecular formula is C13H28N2O2. The van der Waals surface area contributed by atoms with Crippen LogP contribution < -0.4 is 5.73 Å². The number of hydrogen-bond acceptors (Lipinski definition) is 4. The van der Waals surface area contributed by atoms with E-state index in [4.69, 9.17) is 15.2 Å². The van der Waals surface area contributed by atoms with Gasteiger partial charge in [0.2, 0.25) is 0 Å². The quantitative estimate of drug-likeness (QED) is 0.656.